The molecule has 0 aliphatic rings. The number of carboxylic acid groups (broad SMARTS) is 1. The van der Waals surface area contributed by atoms with Gasteiger partial charge < -0.3 is 10.0 Å². The Morgan fingerprint density at radius 1 is 1.24 bits per heavy atom. The molecule has 0 bridgehead atoms. The number of aromatic carboxylic acids is 1. The molecule has 2 rings (SSSR count). The summed E-state index contributed by atoms with van der Waals surface area (Å²) in [7, 11) is 1.75. The molecule has 0 radical (unpaired) electrons. The predicted octanol–water partition coefficient (Wildman–Crippen LogP) is 4.04. The average molecular weight is 360 g/mol. The van der Waals surface area contributed by atoms with E-state index in [1.165, 1.54) is 6.07 Å². The number of carboxylic acids is 1. The Bertz CT molecular complexity index is 783. The van der Waals surface area contributed by atoms with E-state index < -0.39 is 5.97 Å². The first-order valence-corrected chi connectivity index (χ1v) is 9.08. The molecule has 0 saturated heterocycles. The molecule has 1 amide bonds. The van der Waals surface area contributed by atoms with E-state index in [4.69, 9.17) is 0 Å². The van der Waals surface area contributed by atoms with Crippen molar-refractivity contribution in [1.29, 1.82) is 0 Å². The van der Waals surface area contributed by atoms with E-state index >= 15 is 0 Å². The minimum Gasteiger partial charge on any atom is -0.478 e. The monoisotopic (exact) mass is 360 g/mol. The summed E-state index contributed by atoms with van der Waals surface area (Å²) in [6, 6.07) is 6.53. The third kappa shape index (κ3) is 4.25. The van der Waals surface area contributed by atoms with Crippen molar-refractivity contribution in [2.24, 2.45) is 0 Å². The number of likely N-dealkylation sites (N-methyl/N-ethyl adjacent to an activating group) is 1. The van der Waals surface area contributed by atoms with Gasteiger partial charge in [0.25, 0.3) is 0 Å². The second-order valence-electron chi connectivity index (χ2n) is 6.48. The predicted molar refractivity (Wildman–Crippen MR) is 99.2 cm³/mol. The van der Waals surface area contributed by atoms with Crippen LogP contribution in [0.4, 0.5) is 0 Å². The molecule has 1 aromatic carbocycles. The number of thiazole rings is 1. The zero-order valence-corrected chi connectivity index (χ0v) is 16.1. The van der Waals surface area contributed by atoms with E-state index in [2.05, 4.69) is 18.8 Å². The van der Waals surface area contributed by atoms with Gasteiger partial charge in [-0.25, -0.2) is 9.78 Å². The summed E-state index contributed by atoms with van der Waals surface area (Å²) in [6.45, 7) is 8.15. The summed E-state index contributed by atoms with van der Waals surface area (Å²) in [5.74, 6) is -0.771. The van der Waals surface area contributed by atoms with Gasteiger partial charge in [0, 0.05) is 17.8 Å². The summed E-state index contributed by atoms with van der Waals surface area (Å²) in [4.78, 5) is 31.3. The molecule has 0 aliphatic carbocycles. The van der Waals surface area contributed by atoms with Crippen molar-refractivity contribution < 1.29 is 14.7 Å². The van der Waals surface area contributed by atoms with Gasteiger partial charge in [-0.05, 0) is 25.5 Å². The number of carbonyl (C=O) groups is 2. The van der Waals surface area contributed by atoms with Gasteiger partial charge >= 0.3 is 5.97 Å². The first kappa shape index (κ1) is 19.1. The van der Waals surface area contributed by atoms with Crippen LogP contribution >= 0.6 is 11.3 Å². The molecule has 6 heteroatoms. The lowest BCUT2D eigenvalue weighted by Crippen LogP contribution is -2.31. The van der Waals surface area contributed by atoms with E-state index in [9.17, 15) is 14.7 Å². The number of nitrogens with zero attached hydrogens (tertiary/aromatic N) is 2. The summed E-state index contributed by atoms with van der Waals surface area (Å²) in [5, 5.41) is 10.3. The van der Waals surface area contributed by atoms with Crippen molar-refractivity contribution in [3.63, 3.8) is 0 Å². The third-order valence-electron chi connectivity index (χ3n) is 4.29. The van der Waals surface area contributed by atoms with Crippen LogP contribution in [0, 0.1) is 6.92 Å². The van der Waals surface area contributed by atoms with Crippen molar-refractivity contribution in [3.8, 4) is 0 Å². The number of aryl methyl sites for hydroxylation is 1. The number of carbonyl (C=O) groups excluding carboxylic acids is 1. The van der Waals surface area contributed by atoms with Gasteiger partial charge in [0.15, 0.2) is 0 Å². The topological polar surface area (TPSA) is 70.5 Å². The average Bonchev–Trinajstić information content (AvgIpc) is 2.95. The third-order valence-corrected chi connectivity index (χ3v) is 5.91. The molecule has 1 N–H and O–H groups in total. The Balaban J connectivity index is 2.19. The Labute approximate surface area is 152 Å². The molecular formula is C19H24N2O3S. The molecule has 2 aromatic rings. The SMILES string of the molecule is Cc1nc(C(C)C)sc1C(C)N(C)C(=O)Cc1ccccc1C(=O)O. The van der Waals surface area contributed by atoms with Gasteiger partial charge in [-0.1, -0.05) is 32.0 Å². The van der Waals surface area contributed by atoms with E-state index in [1.807, 2.05) is 13.8 Å². The summed E-state index contributed by atoms with van der Waals surface area (Å²) < 4.78 is 0. The molecule has 1 unspecified atom stereocenters. The minimum absolute atomic E-state index is 0.0677. The lowest BCUT2D eigenvalue weighted by Gasteiger charge is -2.25. The largest absolute Gasteiger partial charge is 0.478 e. The van der Waals surface area contributed by atoms with Gasteiger partial charge in [-0.2, -0.15) is 0 Å². The zero-order chi connectivity index (χ0) is 18.7. The van der Waals surface area contributed by atoms with Gasteiger partial charge in [-0.15, -0.1) is 11.3 Å². The quantitative estimate of drug-likeness (QED) is 0.844. The normalized spacial score (nSPS) is 12.2. The van der Waals surface area contributed by atoms with Crippen LogP contribution in [0.1, 0.15) is 64.2 Å². The highest BCUT2D eigenvalue weighted by Gasteiger charge is 2.23. The Morgan fingerprint density at radius 2 is 1.88 bits per heavy atom. The van der Waals surface area contributed by atoms with Crippen molar-refractivity contribution in [3.05, 3.63) is 51.0 Å². The van der Waals surface area contributed by atoms with Crippen LogP contribution in [0.25, 0.3) is 0 Å². The fraction of sp³-hybridized carbons (Fsp3) is 0.421. The first-order chi connectivity index (χ1) is 11.7. The van der Waals surface area contributed by atoms with Crippen molar-refractivity contribution in [2.45, 2.75) is 46.1 Å². The van der Waals surface area contributed by atoms with Crippen molar-refractivity contribution >= 4 is 23.2 Å². The van der Waals surface area contributed by atoms with Crippen LogP contribution in [0.3, 0.4) is 0 Å². The second kappa shape index (κ2) is 7.78. The van der Waals surface area contributed by atoms with Crippen molar-refractivity contribution in [1.82, 2.24) is 9.88 Å². The zero-order valence-electron chi connectivity index (χ0n) is 15.2. The summed E-state index contributed by atoms with van der Waals surface area (Å²) in [6.07, 6.45) is 0.0677. The molecule has 0 fully saturated rings. The maximum atomic E-state index is 12.7. The molecular weight excluding hydrogens is 336 g/mol. The molecule has 1 heterocycles. The first-order valence-electron chi connectivity index (χ1n) is 8.26. The standard InChI is InChI=1S/C19H24N2O3S/c1-11(2)18-20-12(3)17(25-18)13(4)21(5)16(22)10-14-8-6-7-9-15(14)19(23)24/h6-9,11,13H,10H2,1-5H3,(H,23,24). The van der Waals surface area contributed by atoms with Crippen LogP contribution in [0.2, 0.25) is 0 Å². The highest BCUT2D eigenvalue weighted by atomic mass is 32.1. The Kier molecular flexibility index (Phi) is 5.95. The molecule has 134 valence electrons. The molecule has 0 saturated carbocycles. The number of benzene rings is 1. The van der Waals surface area contributed by atoms with E-state index in [1.54, 1.807) is 41.5 Å². The van der Waals surface area contributed by atoms with E-state index in [0.29, 0.717) is 11.5 Å². The van der Waals surface area contributed by atoms with Gasteiger partial charge in [0.1, 0.15) is 0 Å². The number of hydrogen-bond acceptors (Lipinski definition) is 4. The number of aromatic nitrogens is 1. The van der Waals surface area contributed by atoms with E-state index in [0.717, 1.165) is 15.6 Å². The maximum absolute atomic E-state index is 12.7. The number of rotatable bonds is 6. The summed E-state index contributed by atoms with van der Waals surface area (Å²) in [5.41, 5.74) is 1.66. The fourth-order valence-corrected chi connectivity index (χ4v) is 3.79. The van der Waals surface area contributed by atoms with E-state index in [-0.39, 0.29) is 23.9 Å². The highest BCUT2D eigenvalue weighted by Crippen LogP contribution is 2.32. The summed E-state index contributed by atoms with van der Waals surface area (Å²) >= 11 is 1.64. The van der Waals surface area contributed by atoms with Crippen LogP contribution < -0.4 is 0 Å². The lowest BCUT2D eigenvalue weighted by molar-refractivity contribution is -0.131. The maximum Gasteiger partial charge on any atom is 0.335 e. The molecule has 5 nitrogen and oxygen atoms in total. The van der Waals surface area contributed by atoms with Crippen LogP contribution in [0.15, 0.2) is 24.3 Å². The molecule has 0 spiro atoms. The molecule has 25 heavy (non-hydrogen) atoms. The van der Waals surface area contributed by atoms with Gasteiger partial charge in [0.2, 0.25) is 5.91 Å². The Hall–Kier alpha value is -2.21. The van der Waals surface area contributed by atoms with Gasteiger partial charge in [-0.3, -0.25) is 4.79 Å². The molecule has 1 atom stereocenters. The van der Waals surface area contributed by atoms with Crippen molar-refractivity contribution in [2.75, 3.05) is 7.05 Å². The molecule has 0 aliphatic heterocycles. The van der Waals surface area contributed by atoms with Crippen LogP contribution in [-0.2, 0) is 11.2 Å². The second-order valence-corrected chi connectivity index (χ2v) is 7.54. The van der Waals surface area contributed by atoms with Crippen LogP contribution in [-0.4, -0.2) is 33.9 Å². The van der Waals surface area contributed by atoms with Crippen LogP contribution in [0.5, 0.6) is 0 Å². The fourth-order valence-electron chi connectivity index (χ4n) is 2.63. The van der Waals surface area contributed by atoms with Gasteiger partial charge in [0.05, 0.1) is 28.7 Å². The minimum atomic E-state index is -1.01. The Morgan fingerprint density at radius 3 is 2.44 bits per heavy atom. The number of hydrogen-bond donors (Lipinski definition) is 1. The molecule has 1 aromatic heterocycles. The number of amides is 1. The smallest absolute Gasteiger partial charge is 0.335 e. The lowest BCUT2D eigenvalue weighted by atomic mass is 10.0. The highest BCUT2D eigenvalue weighted by molar-refractivity contribution is 7.11.